The van der Waals surface area contributed by atoms with Crippen LogP contribution in [0.25, 0.3) is 10.1 Å². The Hall–Kier alpha value is -2.40. The summed E-state index contributed by atoms with van der Waals surface area (Å²) >= 11 is 1.69. The first-order chi connectivity index (χ1) is 9.78. The SMILES string of the molecule is CNc1cnccc1C(=O)Nc1ccc2sccc2c1. The largest absolute Gasteiger partial charge is 0.386 e. The highest BCUT2D eigenvalue weighted by Gasteiger charge is 2.11. The Labute approximate surface area is 120 Å². The van der Waals surface area contributed by atoms with Crippen molar-refractivity contribution in [3.8, 4) is 0 Å². The number of aromatic nitrogens is 1. The number of nitrogens with one attached hydrogen (secondary N) is 2. The van der Waals surface area contributed by atoms with Gasteiger partial charge in [0.05, 0.1) is 17.4 Å². The zero-order valence-electron chi connectivity index (χ0n) is 10.9. The van der Waals surface area contributed by atoms with Gasteiger partial charge in [-0.25, -0.2) is 0 Å². The average molecular weight is 283 g/mol. The van der Waals surface area contributed by atoms with Crippen LogP contribution in [0.3, 0.4) is 0 Å². The number of amides is 1. The van der Waals surface area contributed by atoms with Crippen LogP contribution in [-0.4, -0.2) is 17.9 Å². The summed E-state index contributed by atoms with van der Waals surface area (Å²) in [5, 5.41) is 9.05. The molecule has 0 fully saturated rings. The van der Waals surface area contributed by atoms with Crippen molar-refractivity contribution < 1.29 is 4.79 Å². The molecule has 2 aromatic heterocycles. The molecule has 0 bridgehead atoms. The lowest BCUT2D eigenvalue weighted by atomic mass is 10.2. The van der Waals surface area contributed by atoms with E-state index in [-0.39, 0.29) is 5.91 Å². The predicted octanol–water partition coefficient (Wildman–Crippen LogP) is 3.59. The molecule has 20 heavy (non-hydrogen) atoms. The molecule has 100 valence electrons. The molecular formula is C15H13N3OS. The fourth-order valence-corrected chi connectivity index (χ4v) is 2.81. The highest BCUT2D eigenvalue weighted by molar-refractivity contribution is 7.17. The third-order valence-corrected chi connectivity index (χ3v) is 3.94. The van der Waals surface area contributed by atoms with Crippen molar-refractivity contribution in [3.05, 3.63) is 53.7 Å². The summed E-state index contributed by atoms with van der Waals surface area (Å²) < 4.78 is 1.21. The van der Waals surface area contributed by atoms with Gasteiger partial charge < -0.3 is 10.6 Å². The first-order valence-corrected chi connectivity index (χ1v) is 7.06. The molecule has 0 saturated carbocycles. The quantitative estimate of drug-likeness (QED) is 0.772. The summed E-state index contributed by atoms with van der Waals surface area (Å²) in [7, 11) is 1.77. The standard InChI is InChI=1S/C15H13N3OS/c1-16-13-9-17-6-4-12(13)15(19)18-11-2-3-14-10(8-11)5-7-20-14/h2-9,16H,1H3,(H,18,19). The van der Waals surface area contributed by atoms with Crippen LogP contribution in [0.4, 0.5) is 11.4 Å². The van der Waals surface area contributed by atoms with Crippen LogP contribution in [0.2, 0.25) is 0 Å². The number of carbonyl (C=O) groups is 1. The van der Waals surface area contributed by atoms with Gasteiger partial charge in [-0.2, -0.15) is 0 Å². The molecule has 0 aliphatic carbocycles. The number of nitrogens with zero attached hydrogens (tertiary/aromatic N) is 1. The van der Waals surface area contributed by atoms with E-state index in [1.807, 2.05) is 29.6 Å². The van der Waals surface area contributed by atoms with Crippen molar-refractivity contribution in [3.63, 3.8) is 0 Å². The lowest BCUT2D eigenvalue weighted by molar-refractivity contribution is 0.102. The third kappa shape index (κ3) is 2.35. The molecule has 4 nitrogen and oxygen atoms in total. The van der Waals surface area contributed by atoms with Crippen molar-refractivity contribution in [2.24, 2.45) is 0 Å². The second kappa shape index (κ2) is 5.30. The summed E-state index contributed by atoms with van der Waals surface area (Å²) in [5.74, 6) is -0.147. The Morgan fingerprint density at radius 1 is 1.25 bits per heavy atom. The molecular weight excluding hydrogens is 270 g/mol. The highest BCUT2D eigenvalue weighted by atomic mass is 32.1. The molecule has 3 rings (SSSR count). The van der Waals surface area contributed by atoms with Crippen molar-refractivity contribution in [1.82, 2.24) is 4.98 Å². The molecule has 0 aliphatic rings. The van der Waals surface area contributed by atoms with Crippen LogP contribution in [0.1, 0.15) is 10.4 Å². The summed E-state index contributed by atoms with van der Waals surface area (Å²) in [6.07, 6.45) is 3.24. The summed E-state index contributed by atoms with van der Waals surface area (Å²) in [5.41, 5.74) is 2.08. The van der Waals surface area contributed by atoms with E-state index in [0.29, 0.717) is 11.3 Å². The summed E-state index contributed by atoms with van der Waals surface area (Å²) in [6, 6.07) is 9.65. The van der Waals surface area contributed by atoms with E-state index in [0.717, 1.165) is 11.1 Å². The maximum absolute atomic E-state index is 12.3. The van der Waals surface area contributed by atoms with Crippen molar-refractivity contribution >= 4 is 38.7 Å². The van der Waals surface area contributed by atoms with Gasteiger partial charge in [-0.1, -0.05) is 0 Å². The molecule has 0 atom stereocenters. The minimum Gasteiger partial charge on any atom is -0.386 e. The highest BCUT2D eigenvalue weighted by Crippen LogP contribution is 2.24. The van der Waals surface area contributed by atoms with E-state index in [2.05, 4.69) is 15.6 Å². The zero-order chi connectivity index (χ0) is 13.9. The van der Waals surface area contributed by atoms with Gasteiger partial charge in [-0.15, -0.1) is 11.3 Å². The van der Waals surface area contributed by atoms with Gasteiger partial charge in [0.15, 0.2) is 0 Å². The minimum atomic E-state index is -0.147. The normalized spacial score (nSPS) is 10.4. The second-order valence-electron chi connectivity index (χ2n) is 4.30. The van der Waals surface area contributed by atoms with Crippen LogP contribution >= 0.6 is 11.3 Å². The number of carbonyl (C=O) groups excluding carboxylic acids is 1. The van der Waals surface area contributed by atoms with Crippen LogP contribution < -0.4 is 10.6 Å². The number of fused-ring (bicyclic) bond motifs is 1. The van der Waals surface area contributed by atoms with Crippen molar-refractivity contribution in [1.29, 1.82) is 0 Å². The minimum absolute atomic E-state index is 0.147. The van der Waals surface area contributed by atoms with E-state index in [4.69, 9.17) is 0 Å². The predicted molar refractivity (Wildman–Crippen MR) is 83.6 cm³/mol. The lowest BCUT2D eigenvalue weighted by Crippen LogP contribution is -2.14. The molecule has 0 saturated heterocycles. The molecule has 1 amide bonds. The molecule has 0 radical (unpaired) electrons. The molecule has 2 heterocycles. The van der Waals surface area contributed by atoms with Gasteiger partial charge in [0.1, 0.15) is 0 Å². The number of hydrogen-bond acceptors (Lipinski definition) is 4. The number of anilines is 2. The number of pyridine rings is 1. The molecule has 0 spiro atoms. The van der Waals surface area contributed by atoms with Gasteiger partial charge in [-0.3, -0.25) is 9.78 Å². The van der Waals surface area contributed by atoms with E-state index >= 15 is 0 Å². The summed E-state index contributed by atoms with van der Waals surface area (Å²) in [4.78, 5) is 16.3. The molecule has 0 aliphatic heterocycles. The van der Waals surface area contributed by atoms with Gasteiger partial charge in [0, 0.05) is 23.6 Å². The smallest absolute Gasteiger partial charge is 0.257 e. The number of benzene rings is 1. The zero-order valence-corrected chi connectivity index (χ0v) is 11.7. The van der Waals surface area contributed by atoms with Gasteiger partial charge in [0.2, 0.25) is 0 Å². The Morgan fingerprint density at radius 2 is 2.15 bits per heavy atom. The van der Waals surface area contributed by atoms with Gasteiger partial charge >= 0.3 is 0 Å². The number of thiophene rings is 1. The average Bonchev–Trinajstić information content (AvgIpc) is 2.94. The number of rotatable bonds is 3. The van der Waals surface area contributed by atoms with E-state index in [1.165, 1.54) is 4.70 Å². The lowest BCUT2D eigenvalue weighted by Gasteiger charge is -2.09. The fourth-order valence-electron chi connectivity index (χ4n) is 2.03. The van der Waals surface area contributed by atoms with Gasteiger partial charge in [-0.05, 0) is 41.1 Å². The number of hydrogen-bond donors (Lipinski definition) is 2. The van der Waals surface area contributed by atoms with E-state index < -0.39 is 0 Å². The van der Waals surface area contributed by atoms with Crippen molar-refractivity contribution in [2.45, 2.75) is 0 Å². The maximum Gasteiger partial charge on any atom is 0.257 e. The van der Waals surface area contributed by atoms with Crippen LogP contribution in [0, 0.1) is 0 Å². The summed E-state index contributed by atoms with van der Waals surface area (Å²) in [6.45, 7) is 0. The van der Waals surface area contributed by atoms with Gasteiger partial charge in [0.25, 0.3) is 5.91 Å². The fraction of sp³-hybridized carbons (Fsp3) is 0.0667. The Kier molecular flexibility index (Phi) is 3.35. The van der Waals surface area contributed by atoms with Crippen molar-refractivity contribution in [2.75, 3.05) is 17.7 Å². The Morgan fingerprint density at radius 3 is 3.00 bits per heavy atom. The first kappa shape index (κ1) is 12.6. The molecule has 3 aromatic rings. The maximum atomic E-state index is 12.3. The topological polar surface area (TPSA) is 54.0 Å². The monoisotopic (exact) mass is 283 g/mol. The van der Waals surface area contributed by atoms with Crippen LogP contribution in [-0.2, 0) is 0 Å². The second-order valence-corrected chi connectivity index (χ2v) is 5.25. The Balaban J connectivity index is 1.88. The van der Waals surface area contributed by atoms with Crippen LogP contribution in [0.15, 0.2) is 48.1 Å². The van der Waals surface area contributed by atoms with Crippen LogP contribution in [0.5, 0.6) is 0 Å². The molecule has 0 unspecified atom stereocenters. The van der Waals surface area contributed by atoms with E-state index in [1.54, 1.807) is 36.8 Å². The Bertz CT molecular complexity index is 766. The third-order valence-electron chi connectivity index (χ3n) is 3.05. The first-order valence-electron chi connectivity index (χ1n) is 6.18. The molecule has 1 aromatic carbocycles. The molecule has 5 heteroatoms. The molecule has 2 N–H and O–H groups in total. The van der Waals surface area contributed by atoms with E-state index in [9.17, 15) is 4.79 Å².